The number of hydroxylamine groups is 2. The van der Waals surface area contributed by atoms with Gasteiger partial charge in [-0.1, -0.05) is 17.2 Å². The third-order valence-corrected chi connectivity index (χ3v) is 3.54. The molecule has 2 aliphatic rings. The Bertz CT molecular complexity index is 627. The van der Waals surface area contributed by atoms with Crippen molar-refractivity contribution in [3.63, 3.8) is 0 Å². The lowest BCUT2D eigenvalue weighted by molar-refractivity contribution is -0.176. The van der Waals surface area contributed by atoms with E-state index < -0.39 is 29.1 Å². The van der Waals surface area contributed by atoms with Crippen molar-refractivity contribution in [1.82, 2.24) is 5.06 Å². The zero-order valence-electron chi connectivity index (χ0n) is 10.3. The van der Waals surface area contributed by atoms with Crippen molar-refractivity contribution in [2.45, 2.75) is 12.8 Å². The van der Waals surface area contributed by atoms with Gasteiger partial charge in [0.25, 0.3) is 11.8 Å². The van der Waals surface area contributed by atoms with Crippen molar-refractivity contribution in [3.8, 4) is 0 Å². The van der Waals surface area contributed by atoms with E-state index in [2.05, 4.69) is 0 Å². The normalized spacial score (nSPS) is 18.7. The number of amides is 3. The Labute approximate surface area is 113 Å². The zero-order valence-corrected chi connectivity index (χ0v) is 10.3. The molecule has 0 radical (unpaired) electrons. The largest absolute Gasteiger partial charge is 0.369 e. The lowest BCUT2D eigenvalue weighted by atomic mass is 10.1. The Hall–Kier alpha value is -2.70. The SMILES string of the molecule is NC(=O)C1(C(=O)ON2C(=O)c3ccccc3C2=O)CC1. The molecule has 7 nitrogen and oxygen atoms in total. The average Bonchev–Trinajstić information content (AvgIpc) is 3.21. The molecule has 0 unspecified atom stereocenters. The minimum Gasteiger partial charge on any atom is -0.369 e. The van der Waals surface area contributed by atoms with Crippen LogP contribution >= 0.6 is 0 Å². The highest BCUT2D eigenvalue weighted by Crippen LogP contribution is 2.46. The lowest BCUT2D eigenvalue weighted by Gasteiger charge is -2.16. The highest BCUT2D eigenvalue weighted by molar-refractivity contribution is 6.21. The van der Waals surface area contributed by atoms with Gasteiger partial charge in [-0.25, -0.2) is 4.79 Å². The number of nitrogens with two attached hydrogens (primary N) is 1. The number of hydrogen-bond donors (Lipinski definition) is 1. The van der Waals surface area contributed by atoms with E-state index in [1.807, 2.05) is 0 Å². The van der Waals surface area contributed by atoms with Crippen LogP contribution in [0.4, 0.5) is 0 Å². The zero-order chi connectivity index (χ0) is 14.5. The van der Waals surface area contributed by atoms with Crippen molar-refractivity contribution >= 4 is 23.7 Å². The maximum absolute atomic E-state index is 12.0. The van der Waals surface area contributed by atoms with Crippen LogP contribution in [0, 0.1) is 5.41 Å². The molecular weight excluding hydrogens is 264 g/mol. The predicted molar refractivity (Wildman–Crippen MR) is 63.9 cm³/mol. The fourth-order valence-corrected chi connectivity index (χ4v) is 2.10. The number of primary amides is 1. The second-order valence-corrected chi connectivity index (χ2v) is 4.78. The van der Waals surface area contributed by atoms with Gasteiger partial charge < -0.3 is 10.6 Å². The fourth-order valence-electron chi connectivity index (χ4n) is 2.10. The fraction of sp³-hybridized carbons (Fsp3) is 0.231. The van der Waals surface area contributed by atoms with Crippen LogP contribution < -0.4 is 5.73 Å². The summed E-state index contributed by atoms with van der Waals surface area (Å²) in [5.41, 5.74) is 4.06. The van der Waals surface area contributed by atoms with Gasteiger partial charge >= 0.3 is 5.97 Å². The first-order chi connectivity index (χ1) is 9.47. The van der Waals surface area contributed by atoms with Crippen LogP contribution in [-0.4, -0.2) is 28.8 Å². The lowest BCUT2D eigenvalue weighted by Crippen LogP contribution is -2.40. The number of carbonyl (C=O) groups excluding carboxylic acids is 4. The van der Waals surface area contributed by atoms with Crippen LogP contribution in [0.3, 0.4) is 0 Å². The molecule has 1 aliphatic heterocycles. The van der Waals surface area contributed by atoms with Gasteiger partial charge in [0.1, 0.15) is 5.41 Å². The van der Waals surface area contributed by atoms with Crippen LogP contribution in [0.1, 0.15) is 33.6 Å². The van der Waals surface area contributed by atoms with Gasteiger partial charge in [0.15, 0.2) is 0 Å². The summed E-state index contributed by atoms with van der Waals surface area (Å²) in [6.07, 6.45) is 0.536. The highest BCUT2D eigenvalue weighted by atomic mass is 16.7. The molecule has 1 heterocycles. The Morgan fingerprint density at radius 2 is 1.60 bits per heavy atom. The van der Waals surface area contributed by atoms with Crippen LogP contribution in [-0.2, 0) is 14.4 Å². The first-order valence-corrected chi connectivity index (χ1v) is 5.97. The summed E-state index contributed by atoms with van der Waals surface area (Å²) in [6.45, 7) is 0. The second-order valence-electron chi connectivity index (χ2n) is 4.78. The molecule has 1 saturated carbocycles. The summed E-state index contributed by atoms with van der Waals surface area (Å²) in [7, 11) is 0. The first kappa shape index (κ1) is 12.3. The number of benzene rings is 1. The molecule has 1 fully saturated rings. The van der Waals surface area contributed by atoms with E-state index in [4.69, 9.17) is 10.6 Å². The molecule has 1 aromatic rings. The molecule has 1 aliphatic carbocycles. The molecule has 0 spiro atoms. The molecule has 20 heavy (non-hydrogen) atoms. The molecule has 3 amide bonds. The maximum atomic E-state index is 12.0. The average molecular weight is 274 g/mol. The van der Waals surface area contributed by atoms with E-state index in [-0.39, 0.29) is 24.0 Å². The molecule has 1 aromatic carbocycles. The number of carbonyl (C=O) groups is 4. The summed E-state index contributed by atoms with van der Waals surface area (Å²) in [6, 6.07) is 6.12. The minimum absolute atomic E-state index is 0.161. The monoisotopic (exact) mass is 274 g/mol. The van der Waals surface area contributed by atoms with Crippen molar-refractivity contribution < 1.29 is 24.0 Å². The standard InChI is InChI=1S/C13H10N2O5/c14-11(18)13(5-6-13)12(19)20-15-9(16)7-3-1-2-4-8(7)10(15)17/h1-4H,5-6H2,(H2,14,18). The minimum atomic E-state index is -1.39. The Morgan fingerprint density at radius 3 is 2.00 bits per heavy atom. The Morgan fingerprint density at radius 1 is 1.10 bits per heavy atom. The molecule has 7 heteroatoms. The first-order valence-electron chi connectivity index (χ1n) is 5.97. The molecule has 0 bridgehead atoms. The molecule has 0 saturated heterocycles. The van der Waals surface area contributed by atoms with Crippen molar-refractivity contribution in [2.24, 2.45) is 11.1 Å². The highest BCUT2D eigenvalue weighted by Gasteiger charge is 2.58. The number of nitrogens with zero attached hydrogens (tertiary/aromatic N) is 1. The maximum Gasteiger partial charge on any atom is 0.348 e. The summed E-state index contributed by atoms with van der Waals surface area (Å²) in [4.78, 5) is 51.9. The van der Waals surface area contributed by atoms with E-state index in [0.29, 0.717) is 5.06 Å². The molecule has 2 N–H and O–H groups in total. The van der Waals surface area contributed by atoms with E-state index >= 15 is 0 Å². The van der Waals surface area contributed by atoms with E-state index in [9.17, 15) is 19.2 Å². The van der Waals surface area contributed by atoms with Gasteiger partial charge in [0.2, 0.25) is 5.91 Å². The van der Waals surface area contributed by atoms with Gasteiger partial charge in [-0.05, 0) is 25.0 Å². The number of rotatable bonds is 3. The molecule has 0 aromatic heterocycles. The molecule has 0 atom stereocenters. The van der Waals surface area contributed by atoms with Crippen LogP contribution in [0.5, 0.6) is 0 Å². The van der Waals surface area contributed by atoms with Gasteiger partial charge in [-0.3, -0.25) is 14.4 Å². The van der Waals surface area contributed by atoms with Crippen LogP contribution in [0.15, 0.2) is 24.3 Å². The Balaban J connectivity index is 1.84. The molecule has 3 rings (SSSR count). The van der Waals surface area contributed by atoms with Gasteiger partial charge in [0, 0.05) is 0 Å². The number of imide groups is 1. The van der Waals surface area contributed by atoms with E-state index in [0.717, 1.165) is 0 Å². The quantitative estimate of drug-likeness (QED) is 0.617. The van der Waals surface area contributed by atoms with Crippen molar-refractivity contribution in [2.75, 3.05) is 0 Å². The van der Waals surface area contributed by atoms with E-state index in [1.54, 1.807) is 12.1 Å². The van der Waals surface area contributed by atoms with Gasteiger partial charge in [-0.2, -0.15) is 0 Å². The summed E-state index contributed by atoms with van der Waals surface area (Å²) >= 11 is 0. The number of hydrogen-bond acceptors (Lipinski definition) is 5. The van der Waals surface area contributed by atoms with Crippen LogP contribution in [0.25, 0.3) is 0 Å². The van der Waals surface area contributed by atoms with Gasteiger partial charge in [0.05, 0.1) is 11.1 Å². The van der Waals surface area contributed by atoms with Crippen LogP contribution in [0.2, 0.25) is 0 Å². The summed E-state index contributed by atoms with van der Waals surface area (Å²) < 4.78 is 0. The topological polar surface area (TPSA) is 107 Å². The molecule has 102 valence electrons. The van der Waals surface area contributed by atoms with Gasteiger partial charge in [-0.15, -0.1) is 0 Å². The molecular formula is C13H10N2O5. The second kappa shape index (κ2) is 3.89. The van der Waals surface area contributed by atoms with Crippen molar-refractivity contribution in [3.05, 3.63) is 35.4 Å². The van der Waals surface area contributed by atoms with E-state index in [1.165, 1.54) is 12.1 Å². The van der Waals surface area contributed by atoms with Crippen molar-refractivity contribution in [1.29, 1.82) is 0 Å². The third kappa shape index (κ3) is 1.52. The summed E-state index contributed by atoms with van der Waals surface area (Å²) in [5.74, 6) is -3.21. The smallest absolute Gasteiger partial charge is 0.348 e. The summed E-state index contributed by atoms with van der Waals surface area (Å²) in [5, 5.41) is 0.385. The Kier molecular flexibility index (Phi) is 2.40. The predicted octanol–water partition coefficient (Wildman–Crippen LogP) is 0.00630. The third-order valence-electron chi connectivity index (χ3n) is 3.54. The number of fused-ring (bicyclic) bond motifs is 1.